The lowest BCUT2D eigenvalue weighted by Gasteiger charge is -2.03. The summed E-state index contributed by atoms with van der Waals surface area (Å²) in [6, 6.07) is 10.2. The third-order valence-corrected chi connectivity index (χ3v) is 5.44. The molecule has 0 aliphatic carbocycles. The van der Waals surface area contributed by atoms with E-state index in [1.54, 1.807) is 25.1 Å². The summed E-state index contributed by atoms with van der Waals surface area (Å²) in [5.74, 6) is 0.489. The van der Waals surface area contributed by atoms with Crippen molar-refractivity contribution in [3.8, 4) is 11.5 Å². The average molecular weight is 316 g/mol. The molecule has 2 N–H and O–H groups in total. The predicted octanol–water partition coefficient (Wildman–Crippen LogP) is 3.18. The zero-order valence-corrected chi connectivity index (χ0v) is 13.1. The van der Waals surface area contributed by atoms with E-state index >= 15 is 0 Å². The van der Waals surface area contributed by atoms with Gasteiger partial charge in [-0.05, 0) is 42.8 Å². The van der Waals surface area contributed by atoms with E-state index in [1.807, 2.05) is 25.1 Å². The summed E-state index contributed by atoms with van der Waals surface area (Å²) in [6.07, 6.45) is 0. The van der Waals surface area contributed by atoms with Gasteiger partial charge in [0.2, 0.25) is 5.89 Å². The fourth-order valence-electron chi connectivity index (χ4n) is 2.27. The zero-order chi connectivity index (χ0) is 15.9. The van der Waals surface area contributed by atoms with Gasteiger partial charge in [0, 0.05) is 11.3 Å². The summed E-state index contributed by atoms with van der Waals surface area (Å²) in [4.78, 5) is 4.66. The van der Waals surface area contributed by atoms with Gasteiger partial charge in [0.05, 0.1) is 10.6 Å². The van der Waals surface area contributed by atoms with Gasteiger partial charge in [-0.2, -0.15) is 0 Å². The summed E-state index contributed by atoms with van der Waals surface area (Å²) >= 11 is 0. The van der Waals surface area contributed by atoms with Crippen LogP contribution in [0.15, 0.2) is 45.7 Å². The molecule has 22 heavy (non-hydrogen) atoms. The number of sulfone groups is 1. The average Bonchev–Trinajstić information content (AvgIpc) is 2.92. The van der Waals surface area contributed by atoms with Crippen molar-refractivity contribution in [3.63, 3.8) is 0 Å². The zero-order valence-electron chi connectivity index (χ0n) is 12.3. The smallest absolute Gasteiger partial charge is 0.227 e. The highest BCUT2D eigenvalue weighted by Gasteiger charge is 2.16. The molecule has 0 saturated carbocycles. The normalized spacial score (nSPS) is 11.9. The van der Waals surface area contributed by atoms with E-state index in [9.17, 15) is 8.42 Å². The van der Waals surface area contributed by atoms with Crippen molar-refractivity contribution in [1.29, 1.82) is 0 Å². The van der Waals surface area contributed by atoms with Crippen LogP contribution in [-0.2, 0) is 9.84 Å². The van der Waals surface area contributed by atoms with E-state index in [0.717, 1.165) is 11.1 Å². The maximum absolute atomic E-state index is 11.9. The molecule has 6 heteroatoms. The van der Waals surface area contributed by atoms with Crippen LogP contribution in [0.1, 0.15) is 12.5 Å². The second kappa shape index (κ2) is 5.14. The highest BCUT2D eigenvalue weighted by atomic mass is 32.2. The Kier molecular flexibility index (Phi) is 3.41. The molecule has 2 aromatic carbocycles. The number of oxazole rings is 1. The van der Waals surface area contributed by atoms with Gasteiger partial charge in [0.25, 0.3) is 0 Å². The van der Waals surface area contributed by atoms with E-state index in [2.05, 4.69) is 4.98 Å². The van der Waals surface area contributed by atoms with Crippen LogP contribution in [0.5, 0.6) is 0 Å². The Labute approximate surface area is 128 Å². The number of aromatic nitrogens is 1. The van der Waals surface area contributed by atoms with Crippen molar-refractivity contribution in [2.75, 3.05) is 11.5 Å². The molecule has 114 valence electrons. The largest absolute Gasteiger partial charge is 0.436 e. The molecule has 3 aromatic rings. The maximum atomic E-state index is 11.9. The van der Waals surface area contributed by atoms with Gasteiger partial charge in [-0.1, -0.05) is 13.0 Å². The third kappa shape index (κ3) is 2.35. The molecular formula is C16H16N2O3S. The lowest BCUT2D eigenvalue weighted by molar-refractivity contribution is 0.597. The molecule has 3 rings (SSSR count). The molecule has 0 fully saturated rings. The molecule has 0 atom stereocenters. The Morgan fingerprint density at radius 2 is 2.00 bits per heavy atom. The second-order valence-corrected chi connectivity index (χ2v) is 7.35. The SMILES string of the molecule is CCS(=O)(=O)c1ccc2oc(-c3cccc(N)c3C)nc2c1. The van der Waals surface area contributed by atoms with Crippen LogP contribution in [0.25, 0.3) is 22.6 Å². The Morgan fingerprint density at radius 3 is 2.73 bits per heavy atom. The Balaban J connectivity index is 2.17. The summed E-state index contributed by atoms with van der Waals surface area (Å²) in [6.45, 7) is 3.51. The highest BCUT2D eigenvalue weighted by molar-refractivity contribution is 7.91. The first-order chi connectivity index (χ1) is 10.4. The number of anilines is 1. The van der Waals surface area contributed by atoms with Crippen molar-refractivity contribution < 1.29 is 12.8 Å². The lowest BCUT2D eigenvalue weighted by Crippen LogP contribution is -2.03. The molecule has 5 nitrogen and oxygen atoms in total. The van der Waals surface area contributed by atoms with E-state index in [1.165, 1.54) is 0 Å². The molecule has 0 radical (unpaired) electrons. The van der Waals surface area contributed by atoms with Crippen LogP contribution in [0.4, 0.5) is 5.69 Å². The van der Waals surface area contributed by atoms with Gasteiger partial charge in [-0.3, -0.25) is 0 Å². The molecule has 1 aromatic heterocycles. The highest BCUT2D eigenvalue weighted by Crippen LogP contribution is 2.30. The van der Waals surface area contributed by atoms with Crippen LogP contribution >= 0.6 is 0 Å². The van der Waals surface area contributed by atoms with E-state index in [0.29, 0.717) is 22.7 Å². The van der Waals surface area contributed by atoms with E-state index in [4.69, 9.17) is 10.2 Å². The van der Waals surface area contributed by atoms with Crippen LogP contribution in [-0.4, -0.2) is 19.2 Å². The monoisotopic (exact) mass is 316 g/mol. The minimum absolute atomic E-state index is 0.0531. The Morgan fingerprint density at radius 1 is 1.23 bits per heavy atom. The first-order valence-corrected chi connectivity index (χ1v) is 8.56. The van der Waals surface area contributed by atoms with E-state index in [-0.39, 0.29) is 10.6 Å². The molecular weight excluding hydrogens is 300 g/mol. The first kappa shape index (κ1) is 14.6. The number of nitrogens with two attached hydrogens (primary N) is 1. The van der Waals surface area contributed by atoms with Crippen molar-refractivity contribution in [1.82, 2.24) is 4.98 Å². The molecule has 0 bridgehead atoms. The van der Waals surface area contributed by atoms with Gasteiger partial charge in [0.15, 0.2) is 15.4 Å². The van der Waals surface area contributed by atoms with Gasteiger partial charge in [-0.25, -0.2) is 13.4 Å². The number of nitrogens with zero attached hydrogens (tertiary/aromatic N) is 1. The molecule has 0 aliphatic rings. The standard InChI is InChI=1S/C16H16N2O3S/c1-3-22(19,20)11-7-8-15-14(9-11)18-16(21-15)12-5-4-6-13(17)10(12)2/h4-9H,3,17H2,1-2H3. The van der Waals surface area contributed by atoms with E-state index < -0.39 is 9.84 Å². The summed E-state index contributed by atoms with van der Waals surface area (Å²) in [7, 11) is -3.26. The number of hydrogen-bond acceptors (Lipinski definition) is 5. The Hall–Kier alpha value is -2.34. The minimum atomic E-state index is -3.26. The van der Waals surface area contributed by atoms with Crippen molar-refractivity contribution in [2.45, 2.75) is 18.7 Å². The fraction of sp³-hybridized carbons (Fsp3) is 0.188. The van der Waals surface area contributed by atoms with Gasteiger partial charge < -0.3 is 10.2 Å². The summed E-state index contributed by atoms with van der Waals surface area (Å²) in [5, 5.41) is 0. The maximum Gasteiger partial charge on any atom is 0.227 e. The summed E-state index contributed by atoms with van der Waals surface area (Å²) in [5.41, 5.74) is 9.32. The number of nitrogen functional groups attached to an aromatic ring is 1. The van der Waals surface area contributed by atoms with Crippen molar-refractivity contribution in [2.24, 2.45) is 0 Å². The summed E-state index contributed by atoms with van der Waals surface area (Å²) < 4.78 is 29.6. The molecule has 1 heterocycles. The third-order valence-electron chi connectivity index (χ3n) is 3.70. The lowest BCUT2D eigenvalue weighted by atomic mass is 10.1. The number of rotatable bonds is 3. The van der Waals surface area contributed by atoms with Crippen molar-refractivity contribution in [3.05, 3.63) is 42.0 Å². The number of benzene rings is 2. The van der Waals surface area contributed by atoms with Gasteiger partial charge in [-0.15, -0.1) is 0 Å². The van der Waals surface area contributed by atoms with Crippen molar-refractivity contribution >= 4 is 26.6 Å². The van der Waals surface area contributed by atoms with Gasteiger partial charge >= 0.3 is 0 Å². The quantitative estimate of drug-likeness (QED) is 0.750. The first-order valence-electron chi connectivity index (χ1n) is 6.91. The molecule has 0 unspecified atom stereocenters. The topological polar surface area (TPSA) is 86.2 Å². The van der Waals surface area contributed by atoms with Crippen LogP contribution < -0.4 is 5.73 Å². The predicted molar refractivity (Wildman–Crippen MR) is 86.3 cm³/mol. The Bertz CT molecular complexity index is 959. The minimum Gasteiger partial charge on any atom is -0.436 e. The fourth-order valence-corrected chi connectivity index (χ4v) is 3.17. The number of hydrogen-bond donors (Lipinski definition) is 1. The van der Waals surface area contributed by atoms with Crippen LogP contribution in [0.3, 0.4) is 0 Å². The molecule has 0 saturated heterocycles. The number of fused-ring (bicyclic) bond motifs is 1. The van der Waals surface area contributed by atoms with Crippen LogP contribution in [0.2, 0.25) is 0 Å². The van der Waals surface area contributed by atoms with Gasteiger partial charge in [0.1, 0.15) is 5.52 Å². The molecule has 0 spiro atoms. The van der Waals surface area contributed by atoms with Crippen LogP contribution in [0, 0.1) is 6.92 Å². The second-order valence-electron chi connectivity index (χ2n) is 5.07. The molecule has 0 aliphatic heterocycles. The molecule has 0 amide bonds.